The largest absolute Gasteiger partial charge is 0.417 e. The molecule has 0 radical (unpaired) electrons. The van der Waals surface area contributed by atoms with Crippen LogP contribution in [0.15, 0.2) is 0 Å². The van der Waals surface area contributed by atoms with Crippen LogP contribution in [0.4, 0.5) is 0 Å². The SMILES string of the molecule is O=C[C@H](OS(=O)(=O)OS(=O)(=O)O)[C@@H](O)[C@@H](O)[C@H](O)CO. The molecule has 0 rings (SSSR count). The topological polar surface area (TPSA) is 205 Å². The van der Waals surface area contributed by atoms with E-state index in [0.29, 0.717) is 0 Å². The van der Waals surface area contributed by atoms with Crippen LogP contribution in [-0.2, 0) is 33.4 Å². The minimum Gasteiger partial charge on any atom is -0.394 e. The fraction of sp³-hybridized carbons (Fsp3) is 0.833. The van der Waals surface area contributed by atoms with E-state index in [1.807, 2.05) is 0 Å². The molecule has 0 aliphatic carbocycles. The Hall–Kier alpha value is -0.710. The van der Waals surface area contributed by atoms with Gasteiger partial charge in [-0.15, -0.1) is 3.63 Å². The molecule has 0 amide bonds. The first kappa shape index (κ1) is 19.3. The van der Waals surface area contributed by atoms with Gasteiger partial charge >= 0.3 is 20.8 Å². The smallest absolute Gasteiger partial charge is 0.394 e. The van der Waals surface area contributed by atoms with Gasteiger partial charge in [0.1, 0.15) is 18.3 Å². The van der Waals surface area contributed by atoms with Gasteiger partial charge in [-0.25, -0.2) is 4.18 Å². The van der Waals surface area contributed by atoms with Gasteiger partial charge in [0, 0.05) is 0 Å². The van der Waals surface area contributed by atoms with Crippen molar-refractivity contribution in [2.45, 2.75) is 24.4 Å². The summed E-state index contributed by atoms with van der Waals surface area (Å²) >= 11 is 0. The number of hydrogen-bond acceptors (Lipinski definition) is 11. The molecule has 0 aromatic heterocycles. The second kappa shape index (κ2) is 7.34. The van der Waals surface area contributed by atoms with Crippen LogP contribution in [0.25, 0.3) is 0 Å². The van der Waals surface area contributed by atoms with Gasteiger partial charge in [-0.2, -0.15) is 16.8 Å². The summed E-state index contributed by atoms with van der Waals surface area (Å²) in [4.78, 5) is 10.5. The summed E-state index contributed by atoms with van der Waals surface area (Å²) < 4.78 is 57.2. The molecule has 4 atom stereocenters. The van der Waals surface area contributed by atoms with Crippen molar-refractivity contribution in [1.29, 1.82) is 0 Å². The molecule has 12 nitrogen and oxygen atoms in total. The predicted molar refractivity (Wildman–Crippen MR) is 57.6 cm³/mol. The van der Waals surface area contributed by atoms with Crippen molar-refractivity contribution in [1.82, 2.24) is 0 Å². The lowest BCUT2D eigenvalue weighted by Crippen LogP contribution is -2.48. The lowest BCUT2D eigenvalue weighted by molar-refractivity contribution is -0.133. The summed E-state index contributed by atoms with van der Waals surface area (Å²) in [7, 11) is -10.9. The molecule has 0 unspecified atom stereocenters. The first-order valence-corrected chi connectivity index (χ1v) is 7.35. The molecule has 5 N–H and O–H groups in total. The summed E-state index contributed by atoms with van der Waals surface area (Å²) in [6, 6.07) is 0. The molecule has 20 heavy (non-hydrogen) atoms. The van der Waals surface area contributed by atoms with Crippen LogP contribution in [0.3, 0.4) is 0 Å². The van der Waals surface area contributed by atoms with Crippen LogP contribution in [0.5, 0.6) is 0 Å². The van der Waals surface area contributed by atoms with Gasteiger partial charge in [0.15, 0.2) is 12.4 Å². The Balaban J connectivity index is 4.99. The van der Waals surface area contributed by atoms with Crippen molar-refractivity contribution in [3.05, 3.63) is 0 Å². The van der Waals surface area contributed by atoms with E-state index in [0.717, 1.165) is 0 Å². The predicted octanol–water partition coefficient (Wildman–Crippen LogP) is -4.29. The molecule has 0 heterocycles. The van der Waals surface area contributed by atoms with Gasteiger partial charge < -0.3 is 25.2 Å². The Labute approximate surface area is 113 Å². The van der Waals surface area contributed by atoms with Gasteiger partial charge in [0.2, 0.25) is 0 Å². The van der Waals surface area contributed by atoms with Crippen LogP contribution in [0.2, 0.25) is 0 Å². The number of hydrogen-bond donors (Lipinski definition) is 5. The third-order valence-corrected chi connectivity index (χ3v) is 3.61. The van der Waals surface area contributed by atoms with Crippen LogP contribution in [-0.4, -0.2) is 79.1 Å². The van der Waals surface area contributed by atoms with Crippen LogP contribution in [0, 0.1) is 0 Å². The molecule has 0 saturated carbocycles. The van der Waals surface area contributed by atoms with Gasteiger partial charge in [-0.1, -0.05) is 0 Å². The van der Waals surface area contributed by atoms with Gasteiger partial charge in [0.05, 0.1) is 6.61 Å². The van der Waals surface area contributed by atoms with Gasteiger partial charge in [-0.05, 0) is 0 Å². The lowest BCUT2D eigenvalue weighted by atomic mass is 10.0. The van der Waals surface area contributed by atoms with E-state index >= 15 is 0 Å². The zero-order valence-electron chi connectivity index (χ0n) is 9.50. The van der Waals surface area contributed by atoms with E-state index in [2.05, 4.69) is 7.81 Å². The Morgan fingerprint density at radius 1 is 1.05 bits per heavy atom. The molecule has 0 aliphatic rings. The fourth-order valence-corrected chi connectivity index (χ4v) is 2.35. The average molecular weight is 340 g/mol. The maximum Gasteiger partial charge on any atom is 0.417 e. The number of rotatable bonds is 9. The van der Waals surface area contributed by atoms with E-state index < -0.39 is 51.8 Å². The highest BCUT2D eigenvalue weighted by atomic mass is 32.3. The van der Waals surface area contributed by atoms with Crippen LogP contribution in [0.1, 0.15) is 0 Å². The summed E-state index contributed by atoms with van der Waals surface area (Å²) in [6.07, 6.45) is -9.16. The van der Waals surface area contributed by atoms with Crippen molar-refractivity contribution >= 4 is 27.1 Å². The summed E-state index contributed by atoms with van der Waals surface area (Å²) in [5.41, 5.74) is 0. The number of aliphatic hydroxyl groups excluding tert-OH is 4. The number of carbonyl (C=O) groups is 1. The second-order valence-electron chi connectivity index (χ2n) is 3.33. The maximum absolute atomic E-state index is 10.9. The Morgan fingerprint density at radius 3 is 1.90 bits per heavy atom. The first-order valence-electron chi connectivity index (χ1n) is 4.65. The molecular formula is C6H12O12S2. The first-order chi connectivity index (χ1) is 8.93. The van der Waals surface area contributed by atoms with Crippen LogP contribution >= 0.6 is 0 Å². The summed E-state index contributed by atoms with van der Waals surface area (Å²) in [6.45, 7) is -1.03. The molecule has 0 saturated heterocycles. The molecule has 0 aliphatic heterocycles. The van der Waals surface area contributed by atoms with Crippen molar-refractivity contribution in [2.24, 2.45) is 0 Å². The number of aliphatic hydroxyl groups is 4. The standard InChI is InChI=1S/C6H12O12S2/c7-1-3(9)5(10)6(11)4(2-8)17-20(15,16)18-19(12,13)14/h2-7,9-11H,1H2,(H,12,13,14)/t3-,4+,5+,6-/m1/s1. The molecule has 14 heteroatoms. The molecule has 0 bridgehead atoms. The Kier molecular flexibility index (Phi) is 7.08. The highest BCUT2D eigenvalue weighted by Gasteiger charge is 2.36. The third-order valence-electron chi connectivity index (χ3n) is 1.80. The van der Waals surface area contributed by atoms with E-state index in [4.69, 9.17) is 14.8 Å². The monoisotopic (exact) mass is 340 g/mol. The Morgan fingerprint density at radius 2 is 1.55 bits per heavy atom. The number of carbonyl (C=O) groups excluding carboxylic acids is 1. The molecule has 0 aromatic rings. The second-order valence-corrected chi connectivity index (χ2v) is 5.74. The van der Waals surface area contributed by atoms with E-state index in [-0.39, 0.29) is 6.29 Å². The van der Waals surface area contributed by atoms with E-state index in [9.17, 15) is 31.8 Å². The zero-order chi connectivity index (χ0) is 16.1. The fourth-order valence-electron chi connectivity index (χ4n) is 0.947. The molecular weight excluding hydrogens is 328 g/mol. The molecule has 120 valence electrons. The highest BCUT2D eigenvalue weighted by molar-refractivity contribution is 7.94. The summed E-state index contributed by atoms with van der Waals surface area (Å²) in [5, 5.41) is 36.0. The van der Waals surface area contributed by atoms with Crippen molar-refractivity contribution in [3.63, 3.8) is 0 Å². The van der Waals surface area contributed by atoms with E-state index in [1.54, 1.807) is 0 Å². The number of aldehydes is 1. The van der Waals surface area contributed by atoms with Gasteiger partial charge in [-0.3, -0.25) is 4.55 Å². The van der Waals surface area contributed by atoms with Crippen molar-refractivity contribution in [2.75, 3.05) is 6.61 Å². The quantitative estimate of drug-likeness (QED) is 0.200. The maximum atomic E-state index is 10.9. The minimum atomic E-state index is -5.46. The van der Waals surface area contributed by atoms with Gasteiger partial charge in [0.25, 0.3) is 0 Å². The third kappa shape index (κ3) is 6.64. The Bertz CT molecular complexity index is 508. The average Bonchev–Trinajstić information content (AvgIpc) is 2.30. The van der Waals surface area contributed by atoms with Crippen molar-refractivity contribution in [3.8, 4) is 0 Å². The van der Waals surface area contributed by atoms with E-state index in [1.165, 1.54) is 0 Å². The summed E-state index contributed by atoms with van der Waals surface area (Å²) in [5.74, 6) is 0. The minimum absolute atomic E-state index is 0.344. The normalized spacial score (nSPS) is 19.1. The highest BCUT2D eigenvalue weighted by Crippen LogP contribution is 2.11. The van der Waals surface area contributed by atoms with Crippen LogP contribution < -0.4 is 0 Å². The molecule has 0 fully saturated rings. The molecule has 0 aromatic carbocycles. The van der Waals surface area contributed by atoms with Crippen molar-refractivity contribution < 1.29 is 54.4 Å². The zero-order valence-corrected chi connectivity index (χ0v) is 11.1. The lowest BCUT2D eigenvalue weighted by Gasteiger charge is -2.24. The molecule has 0 spiro atoms.